The van der Waals surface area contributed by atoms with Gasteiger partial charge in [-0.05, 0) is 23.3 Å². The largest absolute Gasteiger partial charge is 0.444 e. The van der Waals surface area contributed by atoms with Gasteiger partial charge >= 0.3 is 6.09 Å². The molecular formula is C18H17NO3. The summed E-state index contributed by atoms with van der Waals surface area (Å²) in [6.45, 7) is 0.235. The van der Waals surface area contributed by atoms with Crippen LogP contribution in [0.2, 0.25) is 0 Å². The number of hydrogen-bond acceptors (Lipinski definition) is 3. The van der Waals surface area contributed by atoms with Gasteiger partial charge in [-0.25, -0.2) is 9.69 Å². The van der Waals surface area contributed by atoms with Gasteiger partial charge in [-0.15, -0.1) is 0 Å². The topological polar surface area (TPSA) is 38.8 Å². The normalized spacial score (nSPS) is 16.2. The van der Waals surface area contributed by atoms with Crippen LogP contribution in [-0.4, -0.2) is 19.4 Å². The van der Waals surface area contributed by atoms with Gasteiger partial charge in [-0.1, -0.05) is 54.6 Å². The van der Waals surface area contributed by atoms with Crippen molar-refractivity contribution in [1.82, 2.24) is 0 Å². The van der Waals surface area contributed by atoms with E-state index in [4.69, 9.17) is 9.47 Å². The third-order valence-electron chi connectivity index (χ3n) is 3.53. The Kier molecular flexibility index (Phi) is 4.21. The van der Waals surface area contributed by atoms with Crippen LogP contribution in [0.3, 0.4) is 0 Å². The summed E-state index contributed by atoms with van der Waals surface area (Å²) >= 11 is 0. The van der Waals surface area contributed by atoms with Crippen LogP contribution in [0.5, 0.6) is 0 Å². The maximum Gasteiger partial charge on any atom is 0.417 e. The SMILES string of the molecule is COC1C=Cc2ccccc2N1C(=O)OCc1ccccc1. The molecule has 1 aliphatic rings. The van der Waals surface area contributed by atoms with E-state index < -0.39 is 12.3 Å². The number of rotatable bonds is 3. The average molecular weight is 295 g/mol. The van der Waals surface area contributed by atoms with Crippen molar-refractivity contribution in [2.24, 2.45) is 0 Å². The van der Waals surface area contributed by atoms with Crippen molar-refractivity contribution < 1.29 is 14.3 Å². The summed E-state index contributed by atoms with van der Waals surface area (Å²) in [5, 5.41) is 0. The van der Waals surface area contributed by atoms with E-state index in [0.717, 1.165) is 16.8 Å². The zero-order valence-electron chi connectivity index (χ0n) is 12.3. The molecule has 1 aliphatic heterocycles. The monoisotopic (exact) mass is 295 g/mol. The second kappa shape index (κ2) is 6.45. The van der Waals surface area contributed by atoms with Crippen LogP contribution in [0.1, 0.15) is 11.1 Å². The van der Waals surface area contributed by atoms with E-state index in [1.165, 1.54) is 4.90 Å². The number of anilines is 1. The van der Waals surface area contributed by atoms with Gasteiger partial charge in [0.1, 0.15) is 6.61 Å². The van der Waals surface area contributed by atoms with Gasteiger partial charge in [0.05, 0.1) is 5.69 Å². The molecular weight excluding hydrogens is 278 g/mol. The molecule has 0 aromatic heterocycles. The second-order valence-corrected chi connectivity index (χ2v) is 4.95. The van der Waals surface area contributed by atoms with Gasteiger partial charge in [0.15, 0.2) is 6.23 Å². The summed E-state index contributed by atoms with van der Waals surface area (Å²) in [6, 6.07) is 17.3. The zero-order valence-corrected chi connectivity index (χ0v) is 12.3. The van der Waals surface area contributed by atoms with Gasteiger partial charge < -0.3 is 9.47 Å². The van der Waals surface area contributed by atoms with Gasteiger partial charge in [0, 0.05) is 7.11 Å². The highest BCUT2D eigenvalue weighted by Gasteiger charge is 2.29. The van der Waals surface area contributed by atoms with Crippen LogP contribution in [0.4, 0.5) is 10.5 Å². The third-order valence-corrected chi connectivity index (χ3v) is 3.53. The van der Waals surface area contributed by atoms with Crippen molar-refractivity contribution in [2.45, 2.75) is 12.8 Å². The van der Waals surface area contributed by atoms with Crippen LogP contribution in [0.15, 0.2) is 60.7 Å². The fraction of sp³-hybridized carbons (Fsp3) is 0.167. The van der Waals surface area contributed by atoms with Crippen molar-refractivity contribution in [2.75, 3.05) is 12.0 Å². The summed E-state index contributed by atoms with van der Waals surface area (Å²) in [5.41, 5.74) is 2.70. The molecule has 0 aliphatic carbocycles. The first-order valence-electron chi connectivity index (χ1n) is 7.09. The molecule has 0 saturated carbocycles. The highest BCUT2D eigenvalue weighted by molar-refractivity contribution is 5.93. The molecule has 112 valence electrons. The van der Waals surface area contributed by atoms with E-state index >= 15 is 0 Å². The molecule has 2 aromatic rings. The maximum absolute atomic E-state index is 12.5. The first kappa shape index (κ1) is 14.4. The second-order valence-electron chi connectivity index (χ2n) is 4.95. The lowest BCUT2D eigenvalue weighted by Crippen LogP contribution is -2.42. The first-order chi connectivity index (χ1) is 10.8. The number of amides is 1. The van der Waals surface area contributed by atoms with E-state index in [1.807, 2.05) is 66.7 Å². The molecule has 0 radical (unpaired) electrons. The lowest BCUT2D eigenvalue weighted by Gasteiger charge is -2.31. The number of ether oxygens (including phenoxy) is 2. The number of hydrogen-bond donors (Lipinski definition) is 0. The van der Waals surface area contributed by atoms with E-state index in [0.29, 0.717) is 0 Å². The summed E-state index contributed by atoms with van der Waals surface area (Å²) in [7, 11) is 1.57. The van der Waals surface area contributed by atoms with E-state index in [-0.39, 0.29) is 6.61 Å². The molecule has 0 saturated heterocycles. The molecule has 3 rings (SSSR count). The predicted molar refractivity (Wildman–Crippen MR) is 85.4 cm³/mol. The predicted octanol–water partition coefficient (Wildman–Crippen LogP) is 3.83. The van der Waals surface area contributed by atoms with Gasteiger partial charge in [-0.3, -0.25) is 0 Å². The molecule has 2 aromatic carbocycles. The minimum absolute atomic E-state index is 0.235. The minimum Gasteiger partial charge on any atom is -0.444 e. The van der Waals surface area contributed by atoms with E-state index in [9.17, 15) is 4.79 Å². The number of fused-ring (bicyclic) bond motifs is 1. The van der Waals surface area contributed by atoms with Crippen molar-refractivity contribution in [3.63, 3.8) is 0 Å². The van der Waals surface area contributed by atoms with Crippen molar-refractivity contribution in [1.29, 1.82) is 0 Å². The molecule has 0 spiro atoms. The number of nitrogens with zero attached hydrogens (tertiary/aromatic N) is 1. The summed E-state index contributed by atoms with van der Waals surface area (Å²) < 4.78 is 10.8. The number of benzene rings is 2. The molecule has 0 bridgehead atoms. The number of para-hydroxylation sites is 1. The van der Waals surface area contributed by atoms with Crippen LogP contribution < -0.4 is 4.90 Å². The zero-order chi connectivity index (χ0) is 15.4. The number of carbonyl (C=O) groups is 1. The summed E-state index contributed by atoms with van der Waals surface area (Å²) in [4.78, 5) is 14.0. The number of carbonyl (C=O) groups excluding carboxylic acids is 1. The fourth-order valence-electron chi connectivity index (χ4n) is 2.43. The Hall–Kier alpha value is -2.59. The van der Waals surface area contributed by atoms with Crippen molar-refractivity contribution in [3.8, 4) is 0 Å². The van der Waals surface area contributed by atoms with Crippen LogP contribution in [-0.2, 0) is 16.1 Å². The van der Waals surface area contributed by atoms with Gasteiger partial charge in [-0.2, -0.15) is 0 Å². The summed E-state index contributed by atoms with van der Waals surface area (Å²) in [5.74, 6) is 0. The fourth-order valence-corrected chi connectivity index (χ4v) is 2.43. The molecule has 1 unspecified atom stereocenters. The minimum atomic E-state index is -0.460. The molecule has 1 amide bonds. The Morgan fingerprint density at radius 1 is 1.09 bits per heavy atom. The quantitative estimate of drug-likeness (QED) is 0.864. The van der Waals surface area contributed by atoms with Crippen LogP contribution in [0, 0.1) is 0 Å². The van der Waals surface area contributed by atoms with E-state index in [2.05, 4.69) is 0 Å². The van der Waals surface area contributed by atoms with E-state index in [1.54, 1.807) is 7.11 Å². The highest BCUT2D eigenvalue weighted by atomic mass is 16.6. The Bertz CT molecular complexity index is 682. The smallest absolute Gasteiger partial charge is 0.417 e. The molecule has 1 atom stereocenters. The standard InChI is InChI=1S/C18H17NO3/c1-21-17-12-11-15-9-5-6-10-16(15)19(17)18(20)22-13-14-7-3-2-4-8-14/h2-12,17H,13H2,1H3. The van der Waals surface area contributed by atoms with Gasteiger partial charge in [0.2, 0.25) is 0 Å². The van der Waals surface area contributed by atoms with Crippen LogP contribution in [0.25, 0.3) is 6.08 Å². The van der Waals surface area contributed by atoms with Crippen molar-refractivity contribution >= 4 is 17.9 Å². The molecule has 4 nitrogen and oxygen atoms in total. The lowest BCUT2D eigenvalue weighted by atomic mass is 10.1. The Labute approximate surface area is 129 Å². The molecule has 1 heterocycles. The average Bonchev–Trinajstić information content (AvgIpc) is 2.59. The highest BCUT2D eigenvalue weighted by Crippen LogP contribution is 2.29. The molecule has 4 heteroatoms. The summed E-state index contributed by atoms with van der Waals surface area (Å²) in [6.07, 6.45) is 2.90. The lowest BCUT2D eigenvalue weighted by molar-refractivity contribution is 0.106. The Balaban J connectivity index is 1.79. The first-order valence-corrected chi connectivity index (χ1v) is 7.09. The van der Waals surface area contributed by atoms with Crippen LogP contribution >= 0.6 is 0 Å². The third kappa shape index (κ3) is 2.87. The molecule has 22 heavy (non-hydrogen) atoms. The number of methoxy groups -OCH3 is 1. The van der Waals surface area contributed by atoms with Gasteiger partial charge in [0.25, 0.3) is 0 Å². The Morgan fingerprint density at radius 3 is 2.59 bits per heavy atom. The van der Waals surface area contributed by atoms with Crippen molar-refractivity contribution in [3.05, 3.63) is 71.8 Å². The molecule has 0 N–H and O–H groups in total. The Morgan fingerprint density at radius 2 is 1.82 bits per heavy atom. The molecule has 0 fully saturated rings. The maximum atomic E-state index is 12.5.